The molecule has 0 unspecified atom stereocenters. The highest BCUT2D eigenvalue weighted by atomic mass is 16.5. The van der Waals surface area contributed by atoms with Gasteiger partial charge in [-0.2, -0.15) is 0 Å². The van der Waals surface area contributed by atoms with Crippen LogP contribution >= 0.6 is 0 Å². The Bertz CT molecular complexity index is 809. The molecule has 5 heteroatoms. The van der Waals surface area contributed by atoms with Crippen LogP contribution in [0.4, 0.5) is 0 Å². The van der Waals surface area contributed by atoms with Crippen molar-refractivity contribution in [3.05, 3.63) is 60.2 Å². The number of nitrogens with zero attached hydrogens (tertiary/aromatic N) is 2. The molecule has 1 heterocycles. The number of rotatable bonds is 4. The van der Waals surface area contributed by atoms with E-state index in [0.29, 0.717) is 31.7 Å². The second kappa shape index (κ2) is 7.92. The summed E-state index contributed by atoms with van der Waals surface area (Å²) in [7, 11) is 1.54. The van der Waals surface area contributed by atoms with Crippen LogP contribution in [0.15, 0.2) is 54.6 Å². The van der Waals surface area contributed by atoms with Crippen LogP contribution in [0.3, 0.4) is 0 Å². The molecule has 0 radical (unpaired) electrons. The number of amides is 2. The van der Waals surface area contributed by atoms with E-state index in [-0.39, 0.29) is 11.8 Å². The molecule has 2 amide bonds. The summed E-state index contributed by atoms with van der Waals surface area (Å²) in [5.41, 5.74) is 1.81. The molecule has 1 saturated heterocycles. The van der Waals surface area contributed by atoms with Crippen molar-refractivity contribution in [1.82, 2.24) is 9.80 Å². The topological polar surface area (TPSA) is 49.9 Å². The molecule has 5 nitrogen and oxygen atoms in total. The van der Waals surface area contributed by atoms with Gasteiger partial charge in [0.25, 0.3) is 11.8 Å². The smallest absolute Gasteiger partial charge is 0.254 e. The molecule has 0 saturated carbocycles. The van der Waals surface area contributed by atoms with Crippen LogP contribution in [0.25, 0.3) is 11.1 Å². The molecule has 1 aliphatic heterocycles. The lowest BCUT2D eigenvalue weighted by Gasteiger charge is -2.38. The summed E-state index contributed by atoms with van der Waals surface area (Å²) in [5, 5.41) is 0. The van der Waals surface area contributed by atoms with Gasteiger partial charge in [-0.3, -0.25) is 9.59 Å². The third-order valence-corrected chi connectivity index (χ3v) is 5.12. The highest BCUT2D eigenvalue weighted by molar-refractivity contribution is 6.01. The molecule has 0 aliphatic carbocycles. The zero-order chi connectivity index (χ0) is 19.4. The average molecular weight is 366 g/mol. The lowest BCUT2D eigenvalue weighted by Crippen LogP contribution is -2.55. The number of carbonyl (C=O) groups is 2. The SMILES string of the molecule is COC(C)(C)C(=O)N1CCN(C(=O)c2ccccc2-c2ccccc2)CC1. The van der Waals surface area contributed by atoms with Gasteiger partial charge in [-0.05, 0) is 31.0 Å². The Morgan fingerprint density at radius 1 is 0.852 bits per heavy atom. The van der Waals surface area contributed by atoms with E-state index in [4.69, 9.17) is 4.74 Å². The monoisotopic (exact) mass is 366 g/mol. The van der Waals surface area contributed by atoms with Crippen LogP contribution in [-0.4, -0.2) is 60.5 Å². The lowest BCUT2D eigenvalue weighted by atomic mass is 9.98. The van der Waals surface area contributed by atoms with Gasteiger partial charge in [0.05, 0.1) is 0 Å². The maximum absolute atomic E-state index is 13.1. The molecule has 2 aromatic rings. The number of benzene rings is 2. The highest BCUT2D eigenvalue weighted by Crippen LogP contribution is 2.25. The second-order valence-corrected chi connectivity index (χ2v) is 7.21. The minimum absolute atomic E-state index is 0.00699. The highest BCUT2D eigenvalue weighted by Gasteiger charge is 2.34. The number of hydrogen-bond donors (Lipinski definition) is 0. The summed E-state index contributed by atoms with van der Waals surface area (Å²) in [6.07, 6.45) is 0. The van der Waals surface area contributed by atoms with Crippen molar-refractivity contribution in [1.29, 1.82) is 0 Å². The lowest BCUT2D eigenvalue weighted by molar-refractivity contribution is -0.152. The number of piperazine rings is 1. The Labute approximate surface area is 160 Å². The number of hydrogen-bond acceptors (Lipinski definition) is 3. The zero-order valence-corrected chi connectivity index (χ0v) is 16.1. The van der Waals surface area contributed by atoms with Gasteiger partial charge >= 0.3 is 0 Å². The van der Waals surface area contributed by atoms with Gasteiger partial charge in [-0.15, -0.1) is 0 Å². The maximum atomic E-state index is 13.1. The van der Waals surface area contributed by atoms with E-state index in [0.717, 1.165) is 11.1 Å². The van der Waals surface area contributed by atoms with Crippen molar-refractivity contribution < 1.29 is 14.3 Å². The molecule has 142 valence electrons. The van der Waals surface area contributed by atoms with Crippen molar-refractivity contribution >= 4 is 11.8 Å². The molecule has 0 N–H and O–H groups in total. The van der Waals surface area contributed by atoms with Crippen LogP contribution in [0, 0.1) is 0 Å². The Kier molecular flexibility index (Phi) is 5.61. The van der Waals surface area contributed by atoms with Gasteiger partial charge in [0.15, 0.2) is 0 Å². The molecule has 3 rings (SSSR count). The molecule has 0 aromatic heterocycles. The van der Waals surface area contributed by atoms with E-state index in [1.807, 2.05) is 59.5 Å². The number of methoxy groups -OCH3 is 1. The molecular formula is C22H26N2O3. The van der Waals surface area contributed by atoms with E-state index in [1.165, 1.54) is 7.11 Å². The van der Waals surface area contributed by atoms with E-state index in [1.54, 1.807) is 18.7 Å². The first kappa shape index (κ1) is 19.1. The van der Waals surface area contributed by atoms with Crippen molar-refractivity contribution in [3.63, 3.8) is 0 Å². The van der Waals surface area contributed by atoms with Gasteiger partial charge < -0.3 is 14.5 Å². The fourth-order valence-corrected chi connectivity index (χ4v) is 3.29. The number of ether oxygens (including phenoxy) is 1. The minimum atomic E-state index is -0.841. The van der Waals surface area contributed by atoms with E-state index >= 15 is 0 Å². The largest absolute Gasteiger partial charge is 0.369 e. The molecule has 0 spiro atoms. The molecule has 1 fully saturated rings. The summed E-state index contributed by atoms with van der Waals surface area (Å²) in [6, 6.07) is 17.6. The maximum Gasteiger partial charge on any atom is 0.254 e. The van der Waals surface area contributed by atoms with Crippen LogP contribution < -0.4 is 0 Å². The second-order valence-electron chi connectivity index (χ2n) is 7.21. The van der Waals surface area contributed by atoms with Crippen molar-refractivity contribution in [2.24, 2.45) is 0 Å². The average Bonchev–Trinajstić information content (AvgIpc) is 2.73. The normalized spacial score (nSPS) is 14.9. The zero-order valence-electron chi connectivity index (χ0n) is 16.1. The van der Waals surface area contributed by atoms with Gasteiger partial charge in [0, 0.05) is 38.9 Å². The van der Waals surface area contributed by atoms with E-state index in [2.05, 4.69) is 0 Å². The standard InChI is InChI=1S/C22H26N2O3/c1-22(2,27-3)21(26)24-15-13-23(14-16-24)20(25)19-12-8-7-11-18(19)17-9-5-4-6-10-17/h4-12H,13-16H2,1-3H3. The fourth-order valence-electron chi connectivity index (χ4n) is 3.29. The minimum Gasteiger partial charge on any atom is -0.369 e. The van der Waals surface area contributed by atoms with E-state index < -0.39 is 5.60 Å². The van der Waals surface area contributed by atoms with Crippen LogP contribution in [0.5, 0.6) is 0 Å². The summed E-state index contributed by atoms with van der Waals surface area (Å²) in [6.45, 7) is 5.61. The van der Waals surface area contributed by atoms with Crippen molar-refractivity contribution in [2.75, 3.05) is 33.3 Å². The fraction of sp³-hybridized carbons (Fsp3) is 0.364. The van der Waals surface area contributed by atoms with Gasteiger partial charge in [-0.25, -0.2) is 0 Å². The van der Waals surface area contributed by atoms with Crippen LogP contribution in [0.1, 0.15) is 24.2 Å². The van der Waals surface area contributed by atoms with Crippen molar-refractivity contribution in [3.8, 4) is 11.1 Å². The van der Waals surface area contributed by atoms with E-state index in [9.17, 15) is 9.59 Å². The Balaban J connectivity index is 1.73. The summed E-state index contributed by atoms with van der Waals surface area (Å²) in [4.78, 5) is 29.3. The Morgan fingerprint density at radius 2 is 1.41 bits per heavy atom. The predicted octanol–water partition coefficient (Wildman–Crippen LogP) is 3.06. The molecule has 27 heavy (non-hydrogen) atoms. The molecule has 0 bridgehead atoms. The first-order valence-electron chi connectivity index (χ1n) is 9.22. The molecule has 1 aliphatic rings. The van der Waals surface area contributed by atoms with Gasteiger partial charge in [-0.1, -0.05) is 48.5 Å². The van der Waals surface area contributed by atoms with Gasteiger partial charge in [0.1, 0.15) is 5.60 Å². The van der Waals surface area contributed by atoms with Gasteiger partial charge in [0.2, 0.25) is 0 Å². The van der Waals surface area contributed by atoms with Crippen LogP contribution in [-0.2, 0) is 9.53 Å². The molecule has 2 aromatic carbocycles. The number of carbonyl (C=O) groups excluding carboxylic acids is 2. The molecular weight excluding hydrogens is 340 g/mol. The van der Waals surface area contributed by atoms with Crippen molar-refractivity contribution in [2.45, 2.75) is 19.4 Å². The first-order valence-corrected chi connectivity index (χ1v) is 9.22. The quantitative estimate of drug-likeness (QED) is 0.836. The third kappa shape index (κ3) is 4.03. The summed E-state index contributed by atoms with van der Waals surface area (Å²) < 4.78 is 5.29. The third-order valence-electron chi connectivity index (χ3n) is 5.12. The first-order chi connectivity index (χ1) is 12.9. The molecule has 0 atom stereocenters. The Hall–Kier alpha value is -2.66. The predicted molar refractivity (Wildman–Crippen MR) is 105 cm³/mol. The summed E-state index contributed by atoms with van der Waals surface area (Å²) >= 11 is 0. The Morgan fingerprint density at radius 3 is 2.04 bits per heavy atom. The van der Waals surface area contributed by atoms with Crippen LogP contribution in [0.2, 0.25) is 0 Å². The summed E-state index contributed by atoms with van der Waals surface area (Å²) in [5.74, 6) is -0.0330.